The Labute approximate surface area is 182 Å². The number of carbonyl (C=O) groups is 2. The Morgan fingerprint density at radius 2 is 1.77 bits per heavy atom. The second-order valence-electron chi connectivity index (χ2n) is 8.05. The summed E-state index contributed by atoms with van der Waals surface area (Å²) in [5, 5.41) is 6.65. The van der Waals surface area contributed by atoms with E-state index in [2.05, 4.69) is 40.8 Å². The number of piperidine rings is 1. The SMILES string of the molecule is CCNC(=O)C1(Cc2cccc(-c3ccccc3)c2)CCN(C(=O)c2ccno2)CC1. The maximum Gasteiger partial charge on any atom is 0.292 e. The van der Waals surface area contributed by atoms with E-state index in [9.17, 15) is 9.59 Å². The third kappa shape index (κ3) is 4.53. The molecular weight excluding hydrogens is 390 g/mol. The molecule has 1 fully saturated rings. The molecule has 3 aromatic rings. The maximum atomic E-state index is 13.1. The summed E-state index contributed by atoms with van der Waals surface area (Å²) in [5.74, 6) is 0.126. The Bertz CT molecular complexity index is 1020. The zero-order chi connectivity index (χ0) is 21.7. The van der Waals surface area contributed by atoms with Crippen LogP contribution >= 0.6 is 0 Å². The zero-order valence-electron chi connectivity index (χ0n) is 17.7. The number of hydrogen-bond donors (Lipinski definition) is 1. The highest BCUT2D eigenvalue weighted by atomic mass is 16.5. The van der Waals surface area contributed by atoms with E-state index in [1.807, 2.05) is 31.2 Å². The van der Waals surface area contributed by atoms with Gasteiger partial charge >= 0.3 is 0 Å². The van der Waals surface area contributed by atoms with Crippen LogP contribution < -0.4 is 5.32 Å². The number of benzene rings is 2. The third-order valence-electron chi connectivity index (χ3n) is 6.05. The molecule has 1 aliphatic rings. The molecule has 0 spiro atoms. The summed E-state index contributed by atoms with van der Waals surface area (Å²) in [5.41, 5.74) is 2.89. The molecule has 160 valence electrons. The number of hydrogen-bond acceptors (Lipinski definition) is 4. The number of aromatic nitrogens is 1. The summed E-state index contributed by atoms with van der Waals surface area (Å²) < 4.78 is 5.02. The molecule has 0 atom stereocenters. The van der Waals surface area contributed by atoms with Crippen molar-refractivity contribution in [2.24, 2.45) is 5.41 Å². The van der Waals surface area contributed by atoms with Gasteiger partial charge in [-0.2, -0.15) is 0 Å². The number of amides is 2. The van der Waals surface area contributed by atoms with Gasteiger partial charge in [-0.3, -0.25) is 9.59 Å². The van der Waals surface area contributed by atoms with Crippen LogP contribution in [0.1, 0.15) is 35.9 Å². The van der Waals surface area contributed by atoms with E-state index in [-0.39, 0.29) is 17.6 Å². The summed E-state index contributed by atoms with van der Waals surface area (Å²) >= 11 is 0. The van der Waals surface area contributed by atoms with Gasteiger partial charge in [0.15, 0.2) is 0 Å². The van der Waals surface area contributed by atoms with Gasteiger partial charge in [0, 0.05) is 25.7 Å². The molecule has 0 radical (unpaired) electrons. The predicted molar refractivity (Wildman–Crippen MR) is 118 cm³/mol. The second kappa shape index (κ2) is 9.16. The summed E-state index contributed by atoms with van der Waals surface area (Å²) in [4.78, 5) is 27.5. The molecule has 0 unspecified atom stereocenters. The largest absolute Gasteiger partial charge is 0.356 e. The van der Waals surface area contributed by atoms with Gasteiger partial charge in [-0.15, -0.1) is 0 Å². The maximum absolute atomic E-state index is 13.1. The molecule has 1 aromatic heterocycles. The Morgan fingerprint density at radius 3 is 2.45 bits per heavy atom. The minimum absolute atomic E-state index is 0.0619. The number of nitrogens with zero attached hydrogens (tertiary/aromatic N) is 2. The van der Waals surface area contributed by atoms with Gasteiger partial charge in [-0.25, -0.2) is 0 Å². The fraction of sp³-hybridized carbons (Fsp3) is 0.320. The van der Waals surface area contributed by atoms with E-state index in [1.165, 1.54) is 6.20 Å². The Hall–Kier alpha value is -3.41. The molecule has 1 N–H and O–H groups in total. The molecule has 0 aliphatic carbocycles. The lowest BCUT2D eigenvalue weighted by molar-refractivity contribution is -0.133. The first-order valence-corrected chi connectivity index (χ1v) is 10.7. The summed E-state index contributed by atoms with van der Waals surface area (Å²) in [7, 11) is 0. The van der Waals surface area contributed by atoms with Crippen LogP contribution in [0.4, 0.5) is 0 Å². The van der Waals surface area contributed by atoms with Crippen LogP contribution in [-0.2, 0) is 11.2 Å². The van der Waals surface area contributed by atoms with E-state index in [0.717, 1.165) is 16.7 Å². The summed E-state index contributed by atoms with van der Waals surface area (Å²) in [6.45, 7) is 3.54. The van der Waals surface area contributed by atoms with Crippen molar-refractivity contribution in [3.05, 3.63) is 78.2 Å². The van der Waals surface area contributed by atoms with E-state index in [4.69, 9.17) is 4.52 Å². The van der Waals surface area contributed by atoms with Crippen molar-refractivity contribution in [3.8, 4) is 11.1 Å². The number of nitrogens with one attached hydrogen (secondary N) is 1. The van der Waals surface area contributed by atoms with Crippen molar-refractivity contribution in [2.45, 2.75) is 26.2 Å². The topological polar surface area (TPSA) is 75.4 Å². The van der Waals surface area contributed by atoms with Crippen molar-refractivity contribution in [2.75, 3.05) is 19.6 Å². The van der Waals surface area contributed by atoms with Gasteiger partial charge in [0.1, 0.15) is 0 Å². The van der Waals surface area contributed by atoms with Gasteiger partial charge in [-0.1, -0.05) is 59.8 Å². The fourth-order valence-electron chi connectivity index (χ4n) is 4.33. The minimum atomic E-state index is -0.538. The molecule has 6 nitrogen and oxygen atoms in total. The van der Waals surface area contributed by atoms with Crippen LogP contribution in [0.25, 0.3) is 11.1 Å². The lowest BCUT2D eigenvalue weighted by Gasteiger charge is -2.40. The van der Waals surface area contributed by atoms with E-state index >= 15 is 0 Å². The molecule has 6 heteroatoms. The molecule has 2 heterocycles. The van der Waals surface area contributed by atoms with Crippen molar-refractivity contribution in [3.63, 3.8) is 0 Å². The van der Waals surface area contributed by atoms with Crippen LogP contribution in [-0.4, -0.2) is 41.5 Å². The van der Waals surface area contributed by atoms with Crippen molar-refractivity contribution in [1.82, 2.24) is 15.4 Å². The third-order valence-corrected chi connectivity index (χ3v) is 6.05. The standard InChI is InChI=1S/C25H27N3O3/c1-2-26-24(30)25(12-15-28(16-13-25)23(29)22-11-14-27-31-22)18-19-7-6-10-21(17-19)20-8-4-3-5-9-20/h3-11,14,17H,2,12-13,15-16,18H2,1H3,(H,26,30). The van der Waals surface area contributed by atoms with E-state index < -0.39 is 5.41 Å². The Morgan fingerprint density at radius 1 is 1.03 bits per heavy atom. The molecular formula is C25H27N3O3. The summed E-state index contributed by atoms with van der Waals surface area (Å²) in [6, 6.07) is 20.2. The first kappa shape index (κ1) is 20.8. The predicted octanol–water partition coefficient (Wildman–Crippen LogP) is 3.94. The quantitative estimate of drug-likeness (QED) is 0.659. The average molecular weight is 418 g/mol. The van der Waals surface area contributed by atoms with Crippen LogP contribution in [0.2, 0.25) is 0 Å². The van der Waals surface area contributed by atoms with E-state index in [0.29, 0.717) is 38.9 Å². The van der Waals surface area contributed by atoms with Gasteiger partial charge < -0.3 is 14.7 Å². The number of likely N-dealkylation sites (tertiary alicyclic amines) is 1. The van der Waals surface area contributed by atoms with E-state index in [1.54, 1.807) is 11.0 Å². The molecule has 31 heavy (non-hydrogen) atoms. The highest BCUT2D eigenvalue weighted by Crippen LogP contribution is 2.37. The highest BCUT2D eigenvalue weighted by Gasteiger charge is 2.42. The van der Waals surface area contributed by atoms with Crippen LogP contribution in [0, 0.1) is 5.41 Å². The Kier molecular flexibility index (Phi) is 6.16. The molecule has 1 aliphatic heterocycles. The Balaban J connectivity index is 1.54. The molecule has 2 aromatic carbocycles. The van der Waals surface area contributed by atoms with Gasteiger partial charge in [0.05, 0.1) is 11.6 Å². The van der Waals surface area contributed by atoms with Gasteiger partial charge in [0.25, 0.3) is 5.91 Å². The van der Waals surface area contributed by atoms with Crippen LogP contribution in [0.15, 0.2) is 71.4 Å². The minimum Gasteiger partial charge on any atom is -0.356 e. The lowest BCUT2D eigenvalue weighted by atomic mass is 9.72. The fourth-order valence-corrected chi connectivity index (χ4v) is 4.33. The van der Waals surface area contributed by atoms with Crippen molar-refractivity contribution in [1.29, 1.82) is 0 Å². The first-order chi connectivity index (χ1) is 15.1. The highest BCUT2D eigenvalue weighted by molar-refractivity contribution is 5.91. The molecule has 1 saturated heterocycles. The monoisotopic (exact) mass is 417 g/mol. The molecule has 0 bridgehead atoms. The van der Waals surface area contributed by atoms with Gasteiger partial charge in [0.2, 0.25) is 11.7 Å². The zero-order valence-corrected chi connectivity index (χ0v) is 17.7. The molecule has 2 amide bonds. The van der Waals surface area contributed by atoms with Crippen LogP contribution in [0.5, 0.6) is 0 Å². The first-order valence-electron chi connectivity index (χ1n) is 10.7. The smallest absolute Gasteiger partial charge is 0.292 e. The van der Waals surface area contributed by atoms with Gasteiger partial charge in [-0.05, 0) is 42.9 Å². The van der Waals surface area contributed by atoms with Crippen molar-refractivity contribution < 1.29 is 14.1 Å². The number of carbonyl (C=O) groups excluding carboxylic acids is 2. The molecule has 4 rings (SSSR count). The number of rotatable bonds is 6. The second-order valence-corrected chi connectivity index (χ2v) is 8.05. The summed E-state index contributed by atoms with van der Waals surface area (Å²) in [6.07, 6.45) is 3.32. The van der Waals surface area contributed by atoms with Crippen LogP contribution in [0.3, 0.4) is 0 Å². The lowest BCUT2D eigenvalue weighted by Crippen LogP contribution is -2.51. The normalized spacial score (nSPS) is 15.5. The molecule has 0 saturated carbocycles. The van der Waals surface area contributed by atoms with Crippen molar-refractivity contribution >= 4 is 11.8 Å². The average Bonchev–Trinajstić information content (AvgIpc) is 3.35.